The molecule has 1 fully saturated rings. The van der Waals surface area contributed by atoms with Gasteiger partial charge in [-0.3, -0.25) is 0 Å². The Labute approximate surface area is 106 Å². The van der Waals surface area contributed by atoms with Crippen molar-refractivity contribution in [3.63, 3.8) is 0 Å². The Hall–Kier alpha value is -1.69. The molecule has 0 saturated carbocycles. The van der Waals surface area contributed by atoms with E-state index in [1.54, 1.807) is 0 Å². The average Bonchev–Trinajstić information content (AvgIpc) is 2.33. The molecule has 1 aliphatic rings. The number of carboxylic acid groups (broad SMARTS) is 1. The Morgan fingerprint density at radius 2 is 2.39 bits per heavy atom. The average molecular weight is 250 g/mol. The number of nitrogens with one attached hydrogen (secondary N) is 1. The van der Waals surface area contributed by atoms with E-state index in [-0.39, 0.29) is 11.6 Å². The topological polar surface area (TPSA) is 78.3 Å². The molecule has 2 rings (SSSR count). The minimum Gasteiger partial charge on any atom is -0.478 e. The van der Waals surface area contributed by atoms with Crippen LogP contribution < -0.4 is 5.32 Å². The normalized spacial score (nSPS) is 24.8. The van der Waals surface area contributed by atoms with Gasteiger partial charge in [0.2, 0.25) is 0 Å². The number of aromatic carboxylic acids is 1. The Morgan fingerprint density at radius 1 is 1.61 bits per heavy atom. The number of aromatic nitrogens is 2. The van der Waals surface area contributed by atoms with Crippen LogP contribution in [0.15, 0.2) is 12.3 Å². The van der Waals surface area contributed by atoms with Crippen molar-refractivity contribution in [3.05, 3.63) is 17.8 Å². The molecule has 6 heteroatoms. The summed E-state index contributed by atoms with van der Waals surface area (Å²) in [6.07, 6.45) is 2.38. The molecule has 0 bridgehead atoms. The van der Waals surface area contributed by atoms with Crippen LogP contribution in [0.3, 0.4) is 0 Å². The SMILES string of the molecule is CC1CN(C)CCC1Nc1nnccc1C(=O)O. The number of nitrogens with zero attached hydrogens (tertiary/aromatic N) is 3. The molecule has 0 radical (unpaired) electrons. The molecule has 0 amide bonds. The highest BCUT2D eigenvalue weighted by Gasteiger charge is 2.25. The second-order valence-electron chi connectivity index (χ2n) is 4.88. The Kier molecular flexibility index (Phi) is 3.76. The summed E-state index contributed by atoms with van der Waals surface area (Å²) < 4.78 is 0. The molecule has 18 heavy (non-hydrogen) atoms. The van der Waals surface area contributed by atoms with E-state index >= 15 is 0 Å². The number of hydrogen-bond acceptors (Lipinski definition) is 5. The summed E-state index contributed by atoms with van der Waals surface area (Å²) in [5.74, 6) is -0.160. The first-order valence-corrected chi connectivity index (χ1v) is 6.08. The third-order valence-electron chi connectivity index (χ3n) is 3.38. The predicted octanol–water partition coefficient (Wildman–Crippen LogP) is 0.927. The lowest BCUT2D eigenvalue weighted by Crippen LogP contribution is -2.43. The monoisotopic (exact) mass is 250 g/mol. The number of carbonyl (C=O) groups is 1. The lowest BCUT2D eigenvalue weighted by Gasteiger charge is -2.35. The van der Waals surface area contributed by atoms with Gasteiger partial charge in [-0.25, -0.2) is 4.79 Å². The minimum atomic E-state index is -0.979. The zero-order valence-corrected chi connectivity index (χ0v) is 10.6. The first-order chi connectivity index (χ1) is 8.58. The lowest BCUT2D eigenvalue weighted by atomic mass is 9.94. The van der Waals surface area contributed by atoms with Crippen molar-refractivity contribution in [1.29, 1.82) is 0 Å². The van der Waals surface area contributed by atoms with Gasteiger partial charge in [0.05, 0.1) is 6.20 Å². The molecule has 1 aromatic heterocycles. The predicted molar refractivity (Wildman–Crippen MR) is 67.7 cm³/mol. The molecule has 1 aliphatic heterocycles. The van der Waals surface area contributed by atoms with Gasteiger partial charge in [-0.1, -0.05) is 6.92 Å². The van der Waals surface area contributed by atoms with E-state index in [2.05, 4.69) is 34.4 Å². The van der Waals surface area contributed by atoms with Gasteiger partial charge in [-0.2, -0.15) is 5.10 Å². The van der Waals surface area contributed by atoms with E-state index in [0.717, 1.165) is 19.5 Å². The quantitative estimate of drug-likeness (QED) is 0.830. The number of rotatable bonds is 3. The highest BCUT2D eigenvalue weighted by Crippen LogP contribution is 2.21. The molecular weight excluding hydrogens is 232 g/mol. The molecule has 98 valence electrons. The summed E-state index contributed by atoms with van der Waals surface area (Å²) in [5.41, 5.74) is 0.177. The fourth-order valence-electron chi connectivity index (χ4n) is 2.36. The zero-order valence-electron chi connectivity index (χ0n) is 10.6. The van der Waals surface area contributed by atoms with E-state index < -0.39 is 5.97 Å². The van der Waals surface area contributed by atoms with Crippen LogP contribution in [0, 0.1) is 5.92 Å². The van der Waals surface area contributed by atoms with Crippen molar-refractivity contribution in [1.82, 2.24) is 15.1 Å². The Morgan fingerprint density at radius 3 is 3.06 bits per heavy atom. The van der Waals surface area contributed by atoms with Crippen molar-refractivity contribution in [3.8, 4) is 0 Å². The number of hydrogen-bond donors (Lipinski definition) is 2. The first kappa shape index (κ1) is 12.8. The molecule has 2 unspecified atom stereocenters. The van der Waals surface area contributed by atoms with Gasteiger partial charge in [0, 0.05) is 12.6 Å². The van der Waals surface area contributed by atoms with Crippen LogP contribution in [0.4, 0.5) is 5.82 Å². The Bertz CT molecular complexity index is 438. The van der Waals surface area contributed by atoms with Crippen molar-refractivity contribution in [2.24, 2.45) is 5.92 Å². The van der Waals surface area contributed by atoms with E-state index in [4.69, 9.17) is 5.11 Å². The van der Waals surface area contributed by atoms with Crippen LogP contribution in [0.1, 0.15) is 23.7 Å². The largest absolute Gasteiger partial charge is 0.478 e. The summed E-state index contributed by atoms with van der Waals surface area (Å²) in [5, 5.41) is 19.9. The highest BCUT2D eigenvalue weighted by atomic mass is 16.4. The molecule has 2 atom stereocenters. The maximum Gasteiger partial charge on any atom is 0.339 e. The summed E-state index contributed by atoms with van der Waals surface area (Å²) in [6.45, 7) is 4.16. The van der Waals surface area contributed by atoms with E-state index in [1.807, 2.05) is 0 Å². The summed E-state index contributed by atoms with van der Waals surface area (Å²) >= 11 is 0. The Balaban J connectivity index is 2.12. The number of piperidine rings is 1. The molecule has 1 saturated heterocycles. The van der Waals surface area contributed by atoms with Crippen LogP contribution in [0.25, 0.3) is 0 Å². The molecule has 0 aromatic carbocycles. The van der Waals surface area contributed by atoms with Gasteiger partial charge in [0.25, 0.3) is 0 Å². The van der Waals surface area contributed by atoms with Gasteiger partial charge in [0.1, 0.15) is 5.56 Å². The van der Waals surface area contributed by atoms with Gasteiger partial charge < -0.3 is 15.3 Å². The molecule has 6 nitrogen and oxygen atoms in total. The minimum absolute atomic E-state index is 0.177. The molecule has 1 aromatic rings. The molecule has 2 N–H and O–H groups in total. The maximum atomic E-state index is 11.1. The van der Waals surface area contributed by atoms with Gasteiger partial charge in [-0.15, -0.1) is 5.10 Å². The lowest BCUT2D eigenvalue weighted by molar-refractivity contribution is 0.0697. The molecule has 2 heterocycles. The number of anilines is 1. The van der Waals surface area contributed by atoms with E-state index in [1.165, 1.54) is 12.3 Å². The van der Waals surface area contributed by atoms with Crippen LogP contribution in [-0.4, -0.2) is 52.4 Å². The van der Waals surface area contributed by atoms with Gasteiger partial charge in [-0.05, 0) is 32.0 Å². The van der Waals surface area contributed by atoms with Crippen LogP contribution in [-0.2, 0) is 0 Å². The van der Waals surface area contributed by atoms with E-state index in [0.29, 0.717) is 11.7 Å². The van der Waals surface area contributed by atoms with Crippen molar-refractivity contribution in [2.45, 2.75) is 19.4 Å². The summed E-state index contributed by atoms with van der Waals surface area (Å²) in [4.78, 5) is 13.4. The molecule has 0 spiro atoms. The summed E-state index contributed by atoms with van der Waals surface area (Å²) in [7, 11) is 2.09. The van der Waals surface area contributed by atoms with Crippen molar-refractivity contribution in [2.75, 3.05) is 25.5 Å². The third-order valence-corrected chi connectivity index (χ3v) is 3.38. The summed E-state index contributed by atoms with van der Waals surface area (Å²) in [6, 6.07) is 1.72. The standard InChI is InChI=1S/C12H18N4O2/c1-8-7-16(2)6-4-10(8)14-11-9(12(17)18)3-5-13-15-11/h3,5,8,10H,4,6-7H2,1-2H3,(H,14,15)(H,17,18). The van der Waals surface area contributed by atoms with Crippen molar-refractivity contribution >= 4 is 11.8 Å². The molecule has 0 aliphatic carbocycles. The van der Waals surface area contributed by atoms with Crippen LogP contribution >= 0.6 is 0 Å². The van der Waals surface area contributed by atoms with Crippen molar-refractivity contribution < 1.29 is 9.90 Å². The van der Waals surface area contributed by atoms with Gasteiger partial charge >= 0.3 is 5.97 Å². The first-order valence-electron chi connectivity index (χ1n) is 6.08. The van der Waals surface area contributed by atoms with Gasteiger partial charge in [0.15, 0.2) is 5.82 Å². The van der Waals surface area contributed by atoms with Crippen LogP contribution in [0.2, 0.25) is 0 Å². The number of likely N-dealkylation sites (tertiary alicyclic amines) is 1. The van der Waals surface area contributed by atoms with E-state index in [9.17, 15) is 4.79 Å². The highest BCUT2D eigenvalue weighted by molar-refractivity contribution is 5.92. The third kappa shape index (κ3) is 2.76. The number of carboxylic acids is 1. The van der Waals surface area contributed by atoms with Crippen LogP contribution in [0.5, 0.6) is 0 Å². The smallest absolute Gasteiger partial charge is 0.339 e. The second kappa shape index (κ2) is 5.30. The zero-order chi connectivity index (χ0) is 13.1. The fourth-order valence-corrected chi connectivity index (χ4v) is 2.36. The fraction of sp³-hybridized carbons (Fsp3) is 0.583. The second-order valence-corrected chi connectivity index (χ2v) is 4.88. The molecular formula is C12H18N4O2. The maximum absolute atomic E-state index is 11.1.